The third-order valence-corrected chi connectivity index (χ3v) is 2.23. The van der Waals surface area contributed by atoms with Crippen molar-refractivity contribution in [1.29, 1.82) is 0 Å². The highest BCUT2D eigenvalue weighted by Gasteiger charge is 1.84. The average Bonchev–Trinajstić information content (AvgIpc) is 2.38. The number of hydrogen-bond donors (Lipinski definition) is 0. The van der Waals surface area contributed by atoms with Gasteiger partial charge in [0.05, 0.1) is 0 Å². The lowest BCUT2D eigenvalue weighted by atomic mass is 10.2. The van der Waals surface area contributed by atoms with Crippen LogP contribution < -0.4 is 0 Å². The molecule has 0 fully saturated rings. The van der Waals surface area contributed by atoms with Gasteiger partial charge in [0.15, 0.2) is 0 Å². The first kappa shape index (κ1) is 13.1. The Bertz CT molecular complexity index is 432. The van der Waals surface area contributed by atoms with E-state index in [1.165, 1.54) is 0 Å². The smallest absolute Gasteiger partial charge is 0.0267 e. The summed E-state index contributed by atoms with van der Waals surface area (Å²) in [5, 5.41) is 0. The van der Waals surface area contributed by atoms with E-state index in [1.54, 1.807) is 0 Å². The van der Waals surface area contributed by atoms with E-state index in [-0.39, 0.29) is 0 Å². The predicted octanol–water partition coefficient (Wildman–Crippen LogP) is 4.18. The van der Waals surface area contributed by atoms with Crippen LogP contribution in [0.5, 0.6) is 0 Å². The molecule has 0 spiro atoms. The summed E-state index contributed by atoms with van der Waals surface area (Å²) in [4.78, 5) is 0. The van der Waals surface area contributed by atoms with Crippen molar-refractivity contribution in [1.82, 2.24) is 0 Å². The van der Waals surface area contributed by atoms with Crippen LogP contribution in [-0.2, 0) is 0 Å². The molecule has 0 aliphatic rings. The molecule has 0 nitrogen and oxygen atoms in total. The van der Waals surface area contributed by atoms with E-state index >= 15 is 0 Å². The molecule has 1 rings (SSSR count). The van der Waals surface area contributed by atoms with Crippen LogP contribution in [-0.4, -0.2) is 0 Å². The zero-order chi connectivity index (χ0) is 12.2. The van der Waals surface area contributed by atoms with E-state index in [2.05, 4.69) is 30.3 Å². The minimum Gasteiger partial charge on any atom is -0.103 e. The van der Waals surface area contributed by atoms with Crippen molar-refractivity contribution in [2.45, 2.75) is 32.1 Å². The minimum absolute atomic E-state index is 0.799. The Balaban J connectivity index is 2.11. The lowest BCUT2D eigenvalue weighted by Crippen LogP contribution is -1.75. The van der Waals surface area contributed by atoms with Crippen molar-refractivity contribution in [3.63, 3.8) is 0 Å². The normalized spacial score (nSPS) is 8.47. The summed E-state index contributed by atoms with van der Waals surface area (Å²) in [5.74, 6) is 12.5. The molecule has 86 valence electrons. The fourth-order valence-corrected chi connectivity index (χ4v) is 1.35. The maximum Gasteiger partial charge on any atom is 0.0267 e. The van der Waals surface area contributed by atoms with Gasteiger partial charge < -0.3 is 0 Å². The topological polar surface area (TPSA) is 0 Å². The second-order valence-corrected chi connectivity index (χ2v) is 3.72. The maximum atomic E-state index is 3.63. The van der Waals surface area contributed by atoms with Crippen molar-refractivity contribution in [3.8, 4) is 23.7 Å². The molecule has 0 unspecified atom stereocenters. The quantitative estimate of drug-likeness (QED) is 0.407. The molecular formula is C17H18. The summed E-state index contributed by atoms with van der Waals surface area (Å²) in [5.41, 5.74) is 1.10. The highest BCUT2D eigenvalue weighted by Crippen LogP contribution is 1.99. The SMILES string of the molecule is C=CCC#CCCCCC#Cc1ccccc1. The van der Waals surface area contributed by atoms with E-state index in [0.29, 0.717) is 0 Å². The number of rotatable bonds is 4. The summed E-state index contributed by atoms with van der Waals surface area (Å²) in [6.07, 6.45) is 6.82. The number of unbranched alkanes of at least 4 members (excludes halogenated alkanes) is 3. The minimum atomic E-state index is 0.799. The van der Waals surface area contributed by atoms with Crippen LogP contribution >= 0.6 is 0 Å². The Morgan fingerprint density at radius 3 is 2.35 bits per heavy atom. The summed E-state index contributed by atoms with van der Waals surface area (Å²) in [7, 11) is 0. The van der Waals surface area contributed by atoms with Gasteiger partial charge in [0, 0.05) is 24.8 Å². The molecule has 1 aromatic rings. The molecule has 17 heavy (non-hydrogen) atoms. The van der Waals surface area contributed by atoms with Crippen LogP contribution in [0.2, 0.25) is 0 Å². The van der Waals surface area contributed by atoms with E-state index in [9.17, 15) is 0 Å². The second-order valence-electron chi connectivity index (χ2n) is 3.72. The van der Waals surface area contributed by atoms with Gasteiger partial charge in [-0.3, -0.25) is 0 Å². The van der Waals surface area contributed by atoms with Crippen LogP contribution in [0.15, 0.2) is 43.0 Å². The number of hydrogen-bond acceptors (Lipinski definition) is 0. The first-order valence-corrected chi connectivity index (χ1v) is 6.04. The summed E-state index contributed by atoms with van der Waals surface area (Å²) in [6.45, 7) is 3.63. The van der Waals surface area contributed by atoms with Gasteiger partial charge in [0.1, 0.15) is 0 Å². The van der Waals surface area contributed by atoms with Crippen molar-refractivity contribution < 1.29 is 0 Å². The molecule has 0 atom stereocenters. The maximum absolute atomic E-state index is 3.63. The predicted molar refractivity (Wildman–Crippen MR) is 74.4 cm³/mol. The van der Waals surface area contributed by atoms with Crippen molar-refractivity contribution in [2.75, 3.05) is 0 Å². The van der Waals surface area contributed by atoms with Gasteiger partial charge in [-0.15, -0.1) is 12.5 Å². The zero-order valence-corrected chi connectivity index (χ0v) is 10.2. The average molecular weight is 222 g/mol. The van der Waals surface area contributed by atoms with Gasteiger partial charge in [-0.1, -0.05) is 42.0 Å². The highest BCUT2D eigenvalue weighted by molar-refractivity contribution is 5.33. The molecule has 0 heterocycles. The largest absolute Gasteiger partial charge is 0.103 e. The molecule has 0 aromatic heterocycles. The van der Waals surface area contributed by atoms with Crippen LogP contribution in [0.1, 0.15) is 37.7 Å². The molecule has 0 heteroatoms. The second kappa shape index (κ2) is 9.32. The Hall–Kier alpha value is -1.92. The van der Waals surface area contributed by atoms with Crippen LogP contribution in [0.3, 0.4) is 0 Å². The molecule has 0 saturated heterocycles. The van der Waals surface area contributed by atoms with E-state index in [0.717, 1.165) is 37.7 Å². The molecule has 0 aliphatic carbocycles. The van der Waals surface area contributed by atoms with Crippen molar-refractivity contribution in [3.05, 3.63) is 48.6 Å². The van der Waals surface area contributed by atoms with Crippen LogP contribution in [0.25, 0.3) is 0 Å². The van der Waals surface area contributed by atoms with E-state index in [4.69, 9.17) is 0 Å². The van der Waals surface area contributed by atoms with Crippen LogP contribution in [0.4, 0.5) is 0 Å². The van der Waals surface area contributed by atoms with Gasteiger partial charge in [-0.2, -0.15) is 0 Å². The van der Waals surface area contributed by atoms with E-state index < -0.39 is 0 Å². The monoisotopic (exact) mass is 222 g/mol. The fraction of sp³-hybridized carbons (Fsp3) is 0.294. The Labute approximate surface area is 105 Å². The first-order chi connectivity index (χ1) is 8.43. The third kappa shape index (κ3) is 7.04. The van der Waals surface area contributed by atoms with Gasteiger partial charge in [-0.25, -0.2) is 0 Å². The molecule has 0 amide bonds. The molecular weight excluding hydrogens is 204 g/mol. The van der Waals surface area contributed by atoms with Gasteiger partial charge >= 0.3 is 0 Å². The van der Waals surface area contributed by atoms with Crippen molar-refractivity contribution >= 4 is 0 Å². The highest BCUT2D eigenvalue weighted by atomic mass is 13.9. The van der Waals surface area contributed by atoms with Gasteiger partial charge in [0.25, 0.3) is 0 Å². The molecule has 0 saturated carbocycles. The van der Waals surface area contributed by atoms with Crippen LogP contribution in [0, 0.1) is 23.7 Å². The molecule has 0 N–H and O–H groups in total. The number of benzene rings is 1. The zero-order valence-electron chi connectivity index (χ0n) is 10.2. The summed E-state index contributed by atoms with van der Waals surface area (Å²) in [6, 6.07) is 10.1. The van der Waals surface area contributed by atoms with Gasteiger partial charge in [0.2, 0.25) is 0 Å². The molecule has 0 radical (unpaired) electrons. The molecule has 1 aromatic carbocycles. The lowest BCUT2D eigenvalue weighted by molar-refractivity contribution is 0.782. The number of allylic oxidation sites excluding steroid dienone is 1. The van der Waals surface area contributed by atoms with Crippen molar-refractivity contribution in [2.24, 2.45) is 0 Å². The first-order valence-electron chi connectivity index (χ1n) is 6.04. The standard InChI is InChI=1S/C17H18/c1-2-3-4-5-6-7-8-9-11-14-17-15-12-10-13-16-17/h2,10,12-13,15-16H,1,3,6-9H2. The summed E-state index contributed by atoms with van der Waals surface area (Å²) < 4.78 is 0. The Kier molecular flexibility index (Phi) is 7.20. The Morgan fingerprint density at radius 2 is 1.65 bits per heavy atom. The third-order valence-electron chi connectivity index (χ3n) is 2.23. The fourth-order valence-electron chi connectivity index (χ4n) is 1.35. The molecule has 0 aliphatic heterocycles. The summed E-state index contributed by atoms with van der Waals surface area (Å²) >= 11 is 0. The Morgan fingerprint density at radius 1 is 0.941 bits per heavy atom. The molecule has 0 bridgehead atoms. The van der Waals surface area contributed by atoms with E-state index in [1.807, 2.05) is 36.4 Å². The lowest BCUT2D eigenvalue weighted by Gasteiger charge is -1.89. The van der Waals surface area contributed by atoms with Gasteiger partial charge in [-0.05, 0) is 25.0 Å².